The third kappa shape index (κ3) is 2.96. The van der Waals surface area contributed by atoms with Crippen molar-refractivity contribution in [2.45, 2.75) is 19.5 Å². The smallest absolute Gasteiger partial charge is 0.274 e. The molecule has 1 N–H and O–H groups in total. The summed E-state index contributed by atoms with van der Waals surface area (Å²) in [5.41, 5.74) is -0.254. The van der Waals surface area contributed by atoms with E-state index in [0.29, 0.717) is 0 Å². The number of halogens is 3. The summed E-state index contributed by atoms with van der Waals surface area (Å²) < 4.78 is 28.0. The van der Waals surface area contributed by atoms with Crippen LogP contribution in [-0.2, 0) is 4.79 Å². The molecule has 1 aromatic carbocycles. The Bertz CT molecular complexity index is 655. The lowest BCUT2D eigenvalue weighted by Gasteiger charge is -2.09. The third-order valence-corrected chi connectivity index (χ3v) is 2.85. The second-order valence-electron chi connectivity index (χ2n) is 4.30. The number of benzene rings is 1. The van der Waals surface area contributed by atoms with Gasteiger partial charge < -0.3 is 5.32 Å². The van der Waals surface area contributed by atoms with E-state index in [1.807, 2.05) is 6.07 Å². The van der Waals surface area contributed by atoms with E-state index in [0.717, 1.165) is 17.5 Å². The highest BCUT2D eigenvalue weighted by Gasteiger charge is 2.15. The molecule has 1 aromatic heterocycles. The fraction of sp³-hybridized carbons (Fsp3) is 0.231. The van der Waals surface area contributed by atoms with Gasteiger partial charge in [0.25, 0.3) is 11.5 Å². The largest absolute Gasteiger partial charge is 0.322 e. The van der Waals surface area contributed by atoms with E-state index in [1.54, 1.807) is 13.8 Å². The van der Waals surface area contributed by atoms with Crippen LogP contribution in [-0.4, -0.2) is 21.3 Å². The van der Waals surface area contributed by atoms with Gasteiger partial charge in [0.2, 0.25) is 0 Å². The molecule has 0 aliphatic heterocycles. The number of nitrogens with zero attached hydrogens (tertiary/aromatic N) is 2. The molecule has 0 spiro atoms. The first kappa shape index (κ1) is 14.5. The standard InChI is InChI=1S/C13H12ClF2N3O/c1-7-5-8(2)19(18-7)11-4-3-9(6-10(11)15)17-13(20)12(14)16/h3-6,12H,1-2H3,(H,17,20). The summed E-state index contributed by atoms with van der Waals surface area (Å²) in [4.78, 5) is 11.1. The van der Waals surface area contributed by atoms with E-state index in [-0.39, 0.29) is 11.4 Å². The molecule has 0 aliphatic rings. The second kappa shape index (κ2) is 5.58. The molecule has 0 fully saturated rings. The molecule has 7 heteroatoms. The lowest BCUT2D eigenvalue weighted by atomic mass is 10.2. The van der Waals surface area contributed by atoms with Gasteiger partial charge in [-0.25, -0.2) is 13.5 Å². The highest BCUT2D eigenvalue weighted by atomic mass is 35.5. The number of alkyl halides is 2. The lowest BCUT2D eigenvalue weighted by molar-refractivity contribution is -0.118. The van der Waals surface area contributed by atoms with Crippen molar-refractivity contribution in [1.29, 1.82) is 0 Å². The van der Waals surface area contributed by atoms with Crippen LogP contribution in [0.15, 0.2) is 24.3 Å². The van der Waals surface area contributed by atoms with Crippen molar-refractivity contribution in [2.24, 2.45) is 0 Å². The maximum absolute atomic E-state index is 14.0. The number of hydrogen-bond donors (Lipinski definition) is 1. The Morgan fingerprint density at radius 2 is 2.10 bits per heavy atom. The van der Waals surface area contributed by atoms with Crippen LogP contribution in [0.5, 0.6) is 0 Å². The average Bonchev–Trinajstić information content (AvgIpc) is 2.68. The summed E-state index contributed by atoms with van der Waals surface area (Å²) in [7, 11) is 0. The molecule has 0 radical (unpaired) electrons. The van der Waals surface area contributed by atoms with Gasteiger partial charge in [0, 0.05) is 11.4 Å². The van der Waals surface area contributed by atoms with E-state index >= 15 is 0 Å². The summed E-state index contributed by atoms with van der Waals surface area (Å²) in [5.74, 6) is -1.62. The third-order valence-electron chi connectivity index (χ3n) is 2.65. The Kier molecular flexibility index (Phi) is 4.04. The average molecular weight is 300 g/mol. The molecule has 2 aromatic rings. The first-order valence-corrected chi connectivity index (χ1v) is 6.24. The zero-order valence-corrected chi connectivity index (χ0v) is 11.6. The minimum Gasteiger partial charge on any atom is -0.322 e. The Labute approximate surface area is 119 Å². The molecular formula is C13H12ClF2N3O. The van der Waals surface area contributed by atoms with E-state index in [2.05, 4.69) is 10.4 Å². The van der Waals surface area contributed by atoms with E-state index in [1.165, 1.54) is 16.8 Å². The first-order valence-electron chi connectivity index (χ1n) is 5.80. The molecule has 0 bridgehead atoms. The van der Waals surface area contributed by atoms with Crippen LogP contribution < -0.4 is 5.32 Å². The molecule has 2 rings (SSSR count). The number of aromatic nitrogens is 2. The first-order chi connectivity index (χ1) is 9.38. The number of carbonyl (C=O) groups is 1. The van der Waals surface area contributed by atoms with Crippen LogP contribution in [0.2, 0.25) is 0 Å². The quantitative estimate of drug-likeness (QED) is 0.885. The van der Waals surface area contributed by atoms with Crippen LogP contribution in [0.1, 0.15) is 11.4 Å². The Balaban J connectivity index is 2.31. The number of carbonyl (C=O) groups excluding carboxylic acids is 1. The summed E-state index contributed by atoms with van der Waals surface area (Å²) >= 11 is 4.98. The monoisotopic (exact) mass is 299 g/mol. The normalized spacial score (nSPS) is 12.2. The fourth-order valence-corrected chi connectivity index (χ4v) is 1.88. The molecule has 0 saturated heterocycles. The van der Waals surface area contributed by atoms with Crippen molar-refractivity contribution >= 4 is 23.2 Å². The van der Waals surface area contributed by atoms with E-state index < -0.39 is 17.4 Å². The van der Waals surface area contributed by atoms with E-state index in [4.69, 9.17) is 11.6 Å². The molecule has 106 valence electrons. The highest BCUT2D eigenvalue weighted by molar-refractivity contribution is 6.31. The van der Waals surface area contributed by atoms with Crippen LogP contribution in [0.4, 0.5) is 14.5 Å². The van der Waals surface area contributed by atoms with Crippen LogP contribution in [0.3, 0.4) is 0 Å². The van der Waals surface area contributed by atoms with Gasteiger partial charge in [-0.2, -0.15) is 5.10 Å². The summed E-state index contributed by atoms with van der Waals surface area (Å²) in [6.45, 7) is 3.61. The topological polar surface area (TPSA) is 46.9 Å². The van der Waals surface area contributed by atoms with Gasteiger partial charge in [-0.15, -0.1) is 0 Å². The van der Waals surface area contributed by atoms with E-state index in [9.17, 15) is 13.6 Å². The minimum absolute atomic E-state index is 0.126. The van der Waals surface area contributed by atoms with Crippen molar-refractivity contribution in [2.75, 3.05) is 5.32 Å². The van der Waals surface area contributed by atoms with Crippen LogP contribution in [0.25, 0.3) is 5.69 Å². The van der Waals surface area contributed by atoms with Crippen molar-refractivity contribution < 1.29 is 13.6 Å². The van der Waals surface area contributed by atoms with Crippen LogP contribution in [0, 0.1) is 19.7 Å². The highest BCUT2D eigenvalue weighted by Crippen LogP contribution is 2.20. The molecule has 1 atom stereocenters. The minimum atomic E-state index is -2.17. The maximum Gasteiger partial charge on any atom is 0.274 e. The number of amides is 1. The van der Waals surface area contributed by atoms with Crippen molar-refractivity contribution in [3.8, 4) is 5.69 Å². The number of aryl methyl sites for hydroxylation is 2. The van der Waals surface area contributed by atoms with Gasteiger partial charge in [-0.3, -0.25) is 4.79 Å². The van der Waals surface area contributed by atoms with Gasteiger partial charge in [0.15, 0.2) is 5.82 Å². The van der Waals surface area contributed by atoms with Crippen molar-refractivity contribution in [3.63, 3.8) is 0 Å². The van der Waals surface area contributed by atoms with Crippen molar-refractivity contribution in [3.05, 3.63) is 41.5 Å². The fourth-order valence-electron chi connectivity index (χ4n) is 1.83. The molecule has 20 heavy (non-hydrogen) atoms. The molecule has 0 saturated carbocycles. The number of anilines is 1. The second-order valence-corrected chi connectivity index (χ2v) is 4.68. The molecular weight excluding hydrogens is 288 g/mol. The summed E-state index contributed by atoms with van der Waals surface area (Å²) in [5, 5.41) is 6.33. The Morgan fingerprint density at radius 1 is 1.40 bits per heavy atom. The molecule has 0 aliphatic carbocycles. The van der Waals surface area contributed by atoms with Gasteiger partial charge in [0.05, 0.1) is 5.69 Å². The number of hydrogen-bond acceptors (Lipinski definition) is 2. The SMILES string of the molecule is Cc1cc(C)n(-c2ccc(NC(=O)C(F)Cl)cc2F)n1. The zero-order valence-electron chi connectivity index (χ0n) is 10.8. The predicted molar refractivity (Wildman–Crippen MR) is 72.4 cm³/mol. The number of rotatable bonds is 3. The van der Waals surface area contributed by atoms with Crippen LogP contribution >= 0.6 is 11.6 Å². The maximum atomic E-state index is 14.0. The van der Waals surface area contributed by atoms with Gasteiger partial charge in [0.1, 0.15) is 5.69 Å². The molecule has 1 amide bonds. The summed E-state index contributed by atoms with van der Waals surface area (Å²) in [6, 6.07) is 5.80. The number of nitrogens with one attached hydrogen (secondary N) is 1. The Morgan fingerprint density at radius 3 is 2.60 bits per heavy atom. The van der Waals surface area contributed by atoms with Crippen molar-refractivity contribution in [1.82, 2.24) is 9.78 Å². The Hall–Kier alpha value is -1.95. The molecule has 4 nitrogen and oxygen atoms in total. The molecule has 1 unspecified atom stereocenters. The summed E-state index contributed by atoms with van der Waals surface area (Å²) in [6.07, 6.45) is 0. The molecule has 1 heterocycles. The predicted octanol–water partition coefficient (Wildman–Crippen LogP) is 3.10. The zero-order chi connectivity index (χ0) is 14.9. The van der Waals surface area contributed by atoms with Gasteiger partial charge >= 0.3 is 0 Å². The van der Waals surface area contributed by atoms with Gasteiger partial charge in [-0.1, -0.05) is 11.6 Å². The lowest BCUT2D eigenvalue weighted by Crippen LogP contribution is -2.19. The van der Waals surface area contributed by atoms with Gasteiger partial charge in [-0.05, 0) is 38.1 Å².